The molecule has 1 N–H and O–H groups in total. The van der Waals surface area contributed by atoms with E-state index in [1.54, 1.807) is 0 Å². The predicted octanol–water partition coefficient (Wildman–Crippen LogP) is 1.98. The number of carboxylic acid groups (broad SMARTS) is 1. The summed E-state index contributed by atoms with van der Waals surface area (Å²) in [7, 11) is 0. The first-order chi connectivity index (χ1) is 9.06. The van der Waals surface area contributed by atoms with Crippen LogP contribution < -0.4 is 4.90 Å². The number of hydrogen-bond donors (Lipinski definition) is 1. The second-order valence-corrected chi connectivity index (χ2v) is 3.79. The van der Waals surface area contributed by atoms with Crippen molar-refractivity contribution in [3.8, 4) is 0 Å². The fourth-order valence-electron chi connectivity index (χ4n) is 1.88. The van der Waals surface area contributed by atoms with Crippen LogP contribution in [0.5, 0.6) is 0 Å². The molecule has 1 aromatic carbocycles. The maximum Gasteiger partial charge on any atom is 0.336 e. The predicted molar refractivity (Wildman–Crippen MR) is 63.9 cm³/mol. The molecular formula is C11H8N4O4. The number of hydrogen-bond acceptors (Lipinski definition) is 4. The van der Waals surface area contributed by atoms with Crippen molar-refractivity contribution >= 4 is 29.2 Å². The Kier molecular flexibility index (Phi) is 3.17. The van der Waals surface area contributed by atoms with E-state index in [-0.39, 0.29) is 29.8 Å². The summed E-state index contributed by atoms with van der Waals surface area (Å²) in [4.78, 5) is 37.7. The van der Waals surface area contributed by atoms with E-state index in [1.165, 1.54) is 18.2 Å². The third-order valence-electron chi connectivity index (χ3n) is 2.68. The van der Waals surface area contributed by atoms with Gasteiger partial charge in [-0.1, -0.05) is 11.2 Å². The molecule has 8 heteroatoms. The van der Waals surface area contributed by atoms with Crippen LogP contribution in [-0.4, -0.2) is 22.9 Å². The van der Waals surface area contributed by atoms with Crippen LogP contribution in [0.3, 0.4) is 0 Å². The lowest BCUT2D eigenvalue weighted by atomic mass is 10.1. The zero-order chi connectivity index (χ0) is 14.0. The molecule has 2 rings (SSSR count). The van der Waals surface area contributed by atoms with E-state index < -0.39 is 17.8 Å². The van der Waals surface area contributed by atoms with Gasteiger partial charge in [0.1, 0.15) is 0 Å². The molecule has 1 fully saturated rings. The van der Waals surface area contributed by atoms with E-state index >= 15 is 0 Å². The average Bonchev–Trinajstić information content (AvgIpc) is 2.70. The zero-order valence-corrected chi connectivity index (χ0v) is 9.61. The maximum absolute atomic E-state index is 11.6. The third kappa shape index (κ3) is 2.12. The van der Waals surface area contributed by atoms with E-state index in [1.807, 2.05) is 0 Å². The Labute approximate surface area is 106 Å². The quantitative estimate of drug-likeness (QED) is 0.386. The lowest BCUT2D eigenvalue weighted by Crippen LogP contribution is -2.28. The molecular weight excluding hydrogens is 252 g/mol. The zero-order valence-electron chi connectivity index (χ0n) is 9.61. The monoisotopic (exact) mass is 260 g/mol. The highest BCUT2D eigenvalue weighted by Crippen LogP contribution is 2.35. The summed E-state index contributed by atoms with van der Waals surface area (Å²) in [6.07, 6.45) is 0.123. The van der Waals surface area contributed by atoms with Crippen LogP contribution in [0, 0.1) is 0 Å². The van der Waals surface area contributed by atoms with Crippen molar-refractivity contribution in [3.05, 3.63) is 34.2 Å². The Morgan fingerprint density at radius 2 is 1.95 bits per heavy atom. The molecule has 1 aromatic rings. The van der Waals surface area contributed by atoms with E-state index in [0.717, 1.165) is 4.90 Å². The van der Waals surface area contributed by atoms with Gasteiger partial charge in [0.2, 0.25) is 11.8 Å². The molecule has 0 radical (unpaired) electrons. The van der Waals surface area contributed by atoms with Crippen molar-refractivity contribution in [2.45, 2.75) is 12.8 Å². The lowest BCUT2D eigenvalue weighted by Gasteiger charge is -2.17. The van der Waals surface area contributed by atoms with Crippen molar-refractivity contribution < 1.29 is 19.5 Å². The summed E-state index contributed by atoms with van der Waals surface area (Å²) in [6, 6.07) is 3.99. The van der Waals surface area contributed by atoms with Crippen molar-refractivity contribution in [3.63, 3.8) is 0 Å². The molecule has 2 amide bonds. The normalized spacial score (nSPS) is 14.4. The fraction of sp³-hybridized carbons (Fsp3) is 0.182. The number of benzene rings is 1. The summed E-state index contributed by atoms with van der Waals surface area (Å²) in [5, 5.41) is 12.3. The Bertz CT molecular complexity index is 618. The molecule has 0 aromatic heterocycles. The molecule has 0 bridgehead atoms. The highest BCUT2D eigenvalue weighted by molar-refractivity contribution is 6.21. The average molecular weight is 260 g/mol. The molecule has 0 aliphatic carbocycles. The van der Waals surface area contributed by atoms with Gasteiger partial charge in [0, 0.05) is 17.8 Å². The SMILES string of the molecule is [N-]=[N+]=Nc1c(C(=O)O)cccc1N1C(=O)CCC1=O. The standard InChI is InChI=1S/C11H8N4O4/c12-14-13-10-6(11(18)19)2-1-3-7(10)15-8(16)4-5-9(15)17/h1-3H,4-5H2,(H,18,19). The molecule has 96 valence electrons. The van der Waals surface area contributed by atoms with E-state index in [2.05, 4.69) is 10.0 Å². The topological polar surface area (TPSA) is 123 Å². The van der Waals surface area contributed by atoms with Gasteiger partial charge in [-0.2, -0.15) is 0 Å². The molecule has 8 nitrogen and oxygen atoms in total. The van der Waals surface area contributed by atoms with Crippen molar-refractivity contribution in [2.75, 3.05) is 4.90 Å². The van der Waals surface area contributed by atoms with Gasteiger partial charge in [-0.25, -0.2) is 4.79 Å². The van der Waals surface area contributed by atoms with Crippen LogP contribution >= 0.6 is 0 Å². The third-order valence-corrected chi connectivity index (χ3v) is 2.68. The number of anilines is 1. The number of nitrogens with zero attached hydrogens (tertiary/aromatic N) is 4. The lowest BCUT2D eigenvalue weighted by molar-refractivity contribution is -0.121. The van der Waals surface area contributed by atoms with Crippen LogP contribution in [0.4, 0.5) is 11.4 Å². The number of aromatic carboxylic acids is 1. The molecule has 0 saturated carbocycles. The van der Waals surface area contributed by atoms with E-state index in [9.17, 15) is 14.4 Å². The van der Waals surface area contributed by atoms with Gasteiger partial charge in [-0.05, 0) is 17.7 Å². The highest BCUT2D eigenvalue weighted by atomic mass is 16.4. The minimum atomic E-state index is -1.30. The van der Waals surface area contributed by atoms with Gasteiger partial charge in [-0.15, -0.1) is 0 Å². The molecule has 1 saturated heterocycles. The largest absolute Gasteiger partial charge is 0.478 e. The second-order valence-electron chi connectivity index (χ2n) is 3.79. The number of carbonyl (C=O) groups is 3. The molecule has 0 unspecified atom stereocenters. The minimum Gasteiger partial charge on any atom is -0.478 e. The van der Waals surface area contributed by atoms with Crippen LogP contribution in [0.25, 0.3) is 10.4 Å². The number of azide groups is 1. The second kappa shape index (κ2) is 4.79. The molecule has 1 heterocycles. The highest BCUT2D eigenvalue weighted by Gasteiger charge is 2.32. The van der Waals surface area contributed by atoms with Crippen molar-refractivity contribution in [1.29, 1.82) is 0 Å². The van der Waals surface area contributed by atoms with Crippen LogP contribution in [-0.2, 0) is 9.59 Å². The van der Waals surface area contributed by atoms with Gasteiger partial charge in [0.25, 0.3) is 0 Å². The van der Waals surface area contributed by atoms with Gasteiger partial charge in [0.15, 0.2) is 0 Å². The molecule has 1 aliphatic rings. The minimum absolute atomic E-state index is 0.00481. The van der Waals surface area contributed by atoms with Crippen molar-refractivity contribution in [1.82, 2.24) is 0 Å². The summed E-state index contributed by atoms with van der Waals surface area (Å²) < 4.78 is 0. The summed E-state index contributed by atoms with van der Waals surface area (Å²) in [5.41, 5.74) is 8.01. The number of carbonyl (C=O) groups excluding carboxylic acids is 2. The first kappa shape index (κ1) is 12.6. The Balaban J connectivity index is 2.66. The summed E-state index contributed by atoms with van der Waals surface area (Å²) in [5.74, 6) is -2.19. The first-order valence-electron chi connectivity index (χ1n) is 5.33. The van der Waals surface area contributed by atoms with Gasteiger partial charge in [0.05, 0.1) is 16.9 Å². The summed E-state index contributed by atoms with van der Waals surface area (Å²) >= 11 is 0. The molecule has 19 heavy (non-hydrogen) atoms. The van der Waals surface area contributed by atoms with Crippen molar-refractivity contribution in [2.24, 2.45) is 5.11 Å². The number of imide groups is 1. The number of carboxylic acids is 1. The number of rotatable bonds is 3. The molecule has 0 spiro atoms. The van der Waals surface area contributed by atoms with E-state index in [0.29, 0.717) is 0 Å². The van der Waals surface area contributed by atoms with E-state index in [4.69, 9.17) is 10.6 Å². The molecule has 1 aliphatic heterocycles. The maximum atomic E-state index is 11.6. The summed E-state index contributed by atoms with van der Waals surface area (Å²) in [6.45, 7) is 0. The van der Waals surface area contributed by atoms with Gasteiger partial charge >= 0.3 is 5.97 Å². The number of amides is 2. The smallest absolute Gasteiger partial charge is 0.336 e. The fourth-order valence-corrected chi connectivity index (χ4v) is 1.88. The van der Waals surface area contributed by atoms with Crippen LogP contribution in [0.2, 0.25) is 0 Å². The Hall–Kier alpha value is -2.86. The van der Waals surface area contributed by atoms with Gasteiger partial charge in [-0.3, -0.25) is 14.5 Å². The van der Waals surface area contributed by atoms with Crippen LogP contribution in [0.15, 0.2) is 23.3 Å². The van der Waals surface area contributed by atoms with Gasteiger partial charge < -0.3 is 5.11 Å². The molecule has 0 atom stereocenters. The van der Waals surface area contributed by atoms with Crippen LogP contribution in [0.1, 0.15) is 23.2 Å². The Morgan fingerprint density at radius 3 is 2.47 bits per heavy atom. The first-order valence-corrected chi connectivity index (χ1v) is 5.33. The Morgan fingerprint density at radius 1 is 1.32 bits per heavy atom.